The van der Waals surface area contributed by atoms with Crippen LogP contribution in [0.1, 0.15) is 21.6 Å². The van der Waals surface area contributed by atoms with Crippen LogP contribution < -0.4 is 0 Å². The van der Waals surface area contributed by atoms with E-state index in [4.69, 9.17) is 5.11 Å². The van der Waals surface area contributed by atoms with Crippen molar-refractivity contribution in [2.24, 2.45) is 0 Å². The Morgan fingerprint density at radius 2 is 2.29 bits per heavy atom. The van der Waals surface area contributed by atoms with Gasteiger partial charge in [-0.05, 0) is 30.2 Å². The van der Waals surface area contributed by atoms with Crippen molar-refractivity contribution in [2.45, 2.75) is 13.5 Å². The Bertz CT molecular complexity index is 563. The molecule has 0 aliphatic heterocycles. The van der Waals surface area contributed by atoms with Crippen LogP contribution in [0.25, 0.3) is 0 Å². The summed E-state index contributed by atoms with van der Waals surface area (Å²) in [5.74, 6) is -1.42. The number of carboxylic acids is 1. The van der Waals surface area contributed by atoms with Crippen molar-refractivity contribution in [3.8, 4) is 0 Å². The molecule has 5 heteroatoms. The predicted molar refractivity (Wildman–Crippen MR) is 59.4 cm³/mol. The van der Waals surface area contributed by atoms with Crippen molar-refractivity contribution >= 4 is 5.97 Å². The van der Waals surface area contributed by atoms with E-state index in [1.54, 1.807) is 23.8 Å². The van der Waals surface area contributed by atoms with E-state index in [1.807, 2.05) is 0 Å². The number of carboxylic acid groups (broad SMARTS) is 1. The fraction of sp³-hybridized carbons (Fsp3) is 0.167. The lowest BCUT2D eigenvalue weighted by atomic mass is 10.2. The van der Waals surface area contributed by atoms with Gasteiger partial charge in [0.05, 0.1) is 6.20 Å². The summed E-state index contributed by atoms with van der Waals surface area (Å²) in [5, 5.41) is 9.06. The fourth-order valence-electron chi connectivity index (χ4n) is 1.74. The molecule has 2 aromatic heterocycles. The van der Waals surface area contributed by atoms with E-state index >= 15 is 0 Å². The molecule has 2 rings (SSSR count). The van der Waals surface area contributed by atoms with Crippen molar-refractivity contribution in [3.05, 3.63) is 53.4 Å². The van der Waals surface area contributed by atoms with Gasteiger partial charge in [0.1, 0.15) is 11.5 Å². The maximum atomic E-state index is 12.9. The van der Waals surface area contributed by atoms with E-state index < -0.39 is 11.8 Å². The van der Waals surface area contributed by atoms with Gasteiger partial charge in [-0.3, -0.25) is 4.98 Å². The smallest absolute Gasteiger partial charge is 0.352 e. The third-order valence-corrected chi connectivity index (χ3v) is 2.48. The summed E-state index contributed by atoms with van der Waals surface area (Å²) >= 11 is 0. The third kappa shape index (κ3) is 2.33. The van der Waals surface area contributed by atoms with Crippen LogP contribution in [0.2, 0.25) is 0 Å². The molecular formula is C12H11FN2O2. The summed E-state index contributed by atoms with van der Waals surface area (Å²) in [6.45, 7) is 2.02. The predicted octanol–water partition coefficient (Wildman–Crippen LogP) is 2.08. The number of rotatable bonds is 3. The van der Waals surface area contributed by atoms with E-state index in [9.17, 15) is 9.18 Å². The molecule has 17 heavy (non-hydrogen) atoms. The highest BCUT2D eigenvalue weighted by Gasteiger charge is 2.13. The molecule has 4 nitrogen and oxygen atoms in total. The molecule has 88 valence electrons. The van der Waals surface area contributed by atoms with Crippen molar-refractivity contribution in [1.29, 1.82) is 0 Å². The van der Waals surface area contributed by atoms with Gasteiger partial charge in [-0.15, -0.1) is 0 Å². The first-order chi connectivity index (χ1) is 8.08. The van der Waals surface area contributed by atoms with Gasteiger partial charge in [0, 0.05) is 18.9 Å². The van der Waals surface area contributed by atoms with Gasteiger partial charge in [0.15, 0.2) is 0 Å². The molecule has 0 spiro atoms. The van der Waals surface area contributed by atoms with Gasteiger partial charge in [-0.1, -0.05) is 0 Å². The van der Waals surface area contributed by atoms with E-state index in [-0.39, 0.29) is 5.69 Å². The lowest BCUT2D eigenvalue weighted by Crippen LogP contribution is -2.10. The minimum Gasteiger partial charge on any atom is -0.477 e. The minimum atomic E-state index is -0.989. The fourth-order valence-corrected chi connectivity index (χ4v) is 1.74. The van der Waals surface area contributed by atoms with Crippen LogP contribution in [-0.4, -0.2) is 20.6 Å². The van der Waals surface area contributed by atoms with Crippen molar-refractivity contribution in [2.75, 3.05) is 0 Å². The van der Waals surface area contributed by atoms with Crippen LogP contribution >= 0.6 is 0 Å². The highest BCUT2D eigenvalue weighted by molar-refractivity contribution is 5.87. The number of hydrogen-bond donors (Lipinski definition) is 1. The molecule has 0 fully saturated rings. The highest BCUT2D eigenvalue weighted by atomic mass is 19.1. The zero-order valence-electron chi connectivity index (χ0n) is 9.22. The van der Waals surface area contributed by atoms with E-state index in [0.29, 0.717) is 17.7 Å². The Morgan fingerprint density at radius 3 is 2.94 bits per heavy atom. The Balaban J connectivity index is 2.33. The Kier molecular flexibility index (Phi) is 2.91. The van der Waals surface area contributed by atoms with Crippen LogP contribution in [0.15, 0.2) is 30.7 Å². The van der Waals surface area contributed by atoms with Crippen LogP contribution in [-0.2, 0) is 6.54 Å². The molecule has 1 N–H and O–H groups in total. The van der Waals surface area contributed by atoms with Crippen molar-refractivity contribution in [1.82, 2.24) is 9.55 Å². The normalized spacial score (nSPS) is 10.5. The highest BCUT2D eigenvalue weighted by Crippen LogP contribution is 2.12. The van der Waals surface area contributed by atoms with Crippen LogP contribution in [0.3, 0.4) is 0 Å². The first-order valence-electron chi connectivity index (χ1n) is 5.06. The number of carbonyl (C=O) groups is 1. The molecule has 0 atom stereocenters. The SMILES string of the molecule is Cc1ccn(Cc2cncc(F)c2)c1C(=O)O. The van der Waals surface area contributed by atoms with Gasteiger partial charge in [-0.25, -0.2) is 9.18 Å². The molecule has 0 saturated heterocycles. The molecule has 0 aliphatic rings. The van der Waals surface area contributed by atoms with Gasteiger partial charge >= 0.3 is 5.97 Å². The summed E-state index contributed by atoms with van der Waals surface area (Å²) in [5.41, 5.74) is 1.53. The van der Waals surface area contributed by atoms with E-state index in [0.717, 1.165) is 6.20 Å². The summed E-state index contributed by atoms with van der Waals surface area (Å²) < 4.78 is 14.5. The van der Waals surface area contributed by atoms with Crippen molar-refractivity contribution < 1.29 is 14.3 Å². The maximum Gasteiger partial charge on any atom is 0.352 e. The molecule has 2 aromatic rings. The number of hydrogen-bond acceptors (Lipinski definition) is 2. The molecular weight excluding hydrogens is 223 g/mol. The second-order valence-corrected chi connectivity index (χ2v) is 3.79. The Labute approximate surface area is 97.3 Å². The first-order valence-corrected chi connectivity index (χ1v) is 5.06. The number of pyridine rings is 1. The molecule has 0 aromatic carbocycles. The number of aromatic nitrogens is 2. The third-order valence-electron chi connectivity index (χ3n) is 2.48. The molecule has 0 radical (unpaired) electrons. The second kappa shape index (κ2) is 4.37. The molecule has 0 aliphatic carbocycles. The lowest BCUT2D eigenvalue weighted by molar-refractivity contribution is 0.0685. The van der Waals surface area contributed by atoms with Crippen LogP contribution in [0, 0.1) is 12.7 Å². The van der Waals surface area contributed by atoms with Gasteiger partial charge in [-0.2, -0.15) is 0 Å². The van der Waals surface area contributed by atoms with Crippen molar-refractivity contribution in [3.63, 3.8) is 0 Å². The number of nitrogens with zero attached hydrogens (tertiary/aromatic N) is 2. The Hall–Kier alpha value is -2.17. The summed E-state index contributed by atoms with van der Waals surface area (Å²) in [6, 6.07) is 3.06. The number of halogens is 1. The number of aryl methyl sites for hydroxylation is 1. The summed E-state index contributed by atoms with van der Waals surface area (Å²) in [6.07, 6.45) is 4.30. The monoisotopic (exact) mass is 234 g/mol. The summed E-state index contributed by atoms with van der Waals surface area (Å²) in [7, 11) is 0. The zero-order chi connectivity index (χ0) is 12.4. The molecule has 0 saturated carbocycles. The van der Waals surface area contributed by atoms with Gasteiger partial charge in [0.25, 0.3) is 0 Å². The standard InChI is InChI=1S/C12H11FN2O2/c1-8-2-3-15(11(8)12(16)17)7-9-4-10(13)6-14-5-9/h2-6H,7H2,1H3,(H,16,17). The topological polar surface area (TPSA) is 55.1 Å². The molecule has 0 unspecified atom stereocenters. The average molecular weight is 234 g/mol. The first kappa shape index (κ1) is 11.3. The van der Waals surface area contributed by atoms with E-state index in [1.165, 1.54) is 12.3 Å². The van der Waals surface area contributed by atoms with Crippen LogP contribution in [0.4, 0.5) is 4.39 Å². The van der Waals surface area contributed by atoms with Gasteiger partial charge < -0.3 is 9.67 Å². The van der Waals surface area contributed by atoms with E-state index in [2.05, 4.69) is 4.98 Å². The summed E-state index contributed by atoms with van der Waals surface area (Å²) in [4.78, 5) is 14.8. The lowest BCUT2D eigenvalue weighted by Gasteiger charge is -2.06. The quantitative estimate of drug-likeness (QED) is 0.884. The maximum absolute atomic E-state index is 12.9. The molecule has 0 amide bonds. The van der Waals surface area contributed by atoms with Crippen LogP contribution in [0.5, 0.6) is 0 Å². The molecule has 0 bridgehead atoms. The van der Waals surface area contributed by atoms with Gasteiger partial charge in [0.2, 0.25) is 0 Å². The largest absolute Gasteiger partial charge is 0.477 e. The second-order valence-electron chi connectivity index (χ2n) is 3.79. The average Bonchev–Trinajstić information content (AvgIpc) is 2.59. The minimum absolute atomic E-state index is 0.217. The Morgan fingerprint density at radius 1 is 1.53 bits per heavy atom. The zero-order valence-corrected chi connectivity index (χ0v) is 9.22. The molecule has 2 heterocycles. The number of aromatic carboxylic acids is 1.